The molecule has 1 heterocycles. The van der Waals surface area contributed by atoms with Gasteiger partial charge in [-0.05, 0) is 48.7 Å². The van der Waals surface area contributed by atoms with E-state index in [0.717, 1.165) is 33.3 Å². The molecule has 0 aliphatic rings. The predicted octanol–water partition coefficient (Wildman–Crippen LogP) is 5.48. The second-order valence-electron chi connectivity index (χ2n) is 7.74. The first-order chi connectivity index (χ1) is 15.6. The third-order valence-electron chi connectivity index (χ3n) is 5.51. The van der Waals surface area contributed by atoms with Crippen LogP contribution in [-0.2, 0) is 24.3 Å². The zero-order chi connectivity index (χ0) is 22.3. The molecule has 3 aromatic carbocycles. The summed E-state index contributed by atoms with van der Waals surface area (Å²) in [5, 5.41) is 4.15. The fourth-order valence-electron chi connectivity index (χ4n) is 3.92. The minimum Gasteiger partial charge on any atom is -0.494 e. The van der Waals surface area contributed by atoms with Crippen LogP contribution in [-0.4, -0.2) is 17.1 Å². The van der Waals surface area contributed by atoms with Crippen molar-refractivity contribution >= 4 is 16.8 Å². The first-order valence-corrected chi connectivity index (χ1v) is 10.9. The molecule has 4 aromatic rings. The molecule has 5 heteroatoms. The highest BCUT2D eigenvalue weighted by Gasteiger charge is 2.11. The number of carbonyl (C=O) groups is 1. The number of aryl methyl sites for hydroxylation is 1. The van der Waals surface area contributed by atoms with Crippen molar-refractivity contribution in [2.75, 3.05) is 6.61 Å². The molecule has 0 saturated heterocycles. The number of benzene rings is 3. The lowest BCUT2D eigenvalue weighted by atomic mass is 10.1. The number of ether oxygens (including phenoxy) is 1. The summed E-state index contributed by atoms with van der Waals surface area (Å²) in [7, 11) is 0. The molecule has 0 unspecified atom stereocenters. The number of nitrogens with zero attached hydrogens (tertiary/aromatic N) is 1. The Balaban J connectivity index is 1.42. The molecule has 4 rings (SSSR count). The van der Waals surface area contributed by atoms with Crippen molar-refractivity contribution in [1.29, 1.82) is 0 Å². The lowest BCUT2D eigenvalue weighted by Crippen LogP contribution is -2.23. The van der Waals surface area contributed by atoms with Gasteiger partial charge in [-0.1, -0.05) is 48.5 Å². The van der Waals surface area contributed by atoms with Crippen molar-refractivity contribution in [2.24, 2.45) is 0 Å². The molecule has 1 N–H and O–H groups in total. The summed E-state index contributed by atoms with van der Waals surface area (Å²) in [4.78, 5) is 12.5. The maximum atomic E-state index is 13.2. The van der Waals surface area contributed by atoms with Crippen molar-refractivity contribution in [1.82, 2.24) is 9.88 Å². The number of nitrogens with one attached hydrogen (secondary N) is 1. The summed E-state index contributed by atoms with van der Waals surface area (Å²) >= 11 is 0. The van der Waals surface area contributed by atoms with Crippen LogP contribution in [0.5, 0.6) is 5.75 Å². The number of fused-ring (bicyclic) bond motifs is 1. The van der Waals surface area contributed by atoms with Crippen LogP contribution in [0.4, 0.5) is 4.39 Å². The average molecular weight is 431 g/mol. The fourth-order valence-corrected chi connectivity index (χ4v) is 3.92. The minimum atomic E-state index is -0.235. The maximum Gasteiger partial charge on any atom is 0.220 e. The zero-order valence-electron chi connectivity index (χ0n) is 18.2. The zero-order valence-corrected chi connectivity index (χ0v) is 18.2. The Bertz CT molecular complexity index is 1200. The van der Waals surface area contributed by atoms with Crippen LogP contribution in [0.3, 0.4) is 0 Å². The standard InChI is InChI=1S/C27H27FN2O2/c1-2-32-26-10-6-3-7-21(26)17-29-27(31)16-13-22-19-30(25-9-5-4-8-24(22)25)18-20-11-14-23(28)15-12-20/h3-12,14-15,19H,2,13,16-18H2,1H3,(H,29,31). The molecule has 0 radical (unpaired) electrons. The Morgan fingerprint density at radius 1 is 0.969 bits per heavy atom. The third-order valence-corrected chi connectivity index (χ3v) is 5.51. The number of halogens is 1. The van der Waals surface area contributed by atoms with Gasteiger partial charge in [0, 0.05) is 42.2 Å². The maximum absolute atomic E-state index is 13.2. The summed E-state index contributed by atoms with van der Waals surface area (Å²) in [6.45, 7) is 3.64. The molecule has 0 atom stereocenters. The number of hydrogen-bond donors (Lipinski definition) is 1. The Morgan fingerprint density at radius 3 is 2.53 bits per heavy atom. The van der Waals surface area contributed by atoms with Gasteiger partial charge in [-0.25, -0.2) is 4.39 Å². The van der Waals surface area contributed by atoms with Gasteiger partial charge in [-0.15, -0.1) is 0 Å². The van der Waals surface area contributed by atoms with Crippen molar-refractivity contribution < 1.29 is 13.9 Å². The number of rotatable bonds is 9. The number of hydrogen-bond acceptors (Lipinski definition) is 2. The topological polar surface area (TPSA) is 43.3 Å². The molecule has 0 saturated carbocycles. The van der Waals surface area contributed by atoms with E-state index in [1.165, 1.54) is 12.1 Å². The van der Waals surface area contributed by atoms with Gasteiger partial charge in [0.2, 0.25) is 5.91 Å². The van der Waals surface area contributed by atoms with Gasteiger partial charge in [0.15, 0.2) is 0 Å². The fraction of sp³-hybridized carbons (Fsp3) is 0.222. The molecule has 0 fully saturated rings. The van der Waals surface area contributed by atoms with E-state index in [9.17, 15) is 9.18 Å². The van der Waals surface area contributed by atoms with Gasteiger partial charge in [-0.3, -0.25) is 4.79 Å². The molecule has 0 aliphatic heterocycles. The third kappa shape index (κ3) is 5.17. The van der Waals surface area contributed by atoms with Crippen molar-refractivity contribution in [3.8, 4) is 5.75 Å². The smallest absolute Gasteiger partial charge is 0.220 e. The van der Waals surface area contributed by atoms with E-state index >= 15 is 0 Å². The van der Waals surface area contributed by atoms with Crippen LogP contribution in [0.15, 0.2) is 79.0 Å². The number of aromatic nitrogens is 1. The van der Waals surface area contributed by atoms with Gasteiger partial charge in [-0.2, -0.15) is 0 Å². The summed E-state index contributed by atoms with van der Waals surface area (Å²) in [6.07, 6.45) is 3.16. The molecule has 4 nitrogen and oxygen atoms in total. The molecule has 1 amide bonds. The second-order valence-corrected chi connectivity index (χ2v) is 7.74. The van der Waals surface area contributed by atoms with Gasteiger partial charge in [0.05, 0.1) is 6.61 Å². The van der Waals surface area contributed by atoms with Crippen molar-refractivity contribution in [3.63, 3.8) is 0 Å². The van der Waals surface area contributed by atoms with Crippen LogP contribution in [0, 0.1) is 5.82 Å². The molecule has 0 spiro atoms. The number of para-hydroxylation sites is 2. The Kier molecular flexibility index (Phi) is 6.85. The quantitative estimate of drug-likeness (QED) is 0.382. The predicted molar refractivity (Wildman–Crippen MR) is 125 cm³/mol. The van der Waals surface area contributed by atoms with Crippen LogP contribution < -0.4 is 10.1 Å². The van der Waals surface area contributed by atoms with Crippen LogP contribution in [0.25, 0.3) is 10.9 Å². The summed E-state index contributed by atoms with van der Waals surface area (Å²) < 4.78 is 21.0. The van der Waals surface area contributed by atoms with Crippen molar-refractivity contribution in [2.45, 2.75) is 32.9 Å². The molecule has 32 heavy (non-hydrogen) atoms. The molecule has 1 aromatic heterocycles. The van der Waals surface area contributed by atoms with Crippen LogP contribution >= 0.6 is 0 Å². The number of amides is 1. The normalized spacial score (nSPS) is 10.9. The molecule has 0 bridgehead atoms. The minimum absolute atomic E-state index is 0.00617. The molecular weight excluding hydrogens is 403 g/mol. The highest BCUT2D eigenvalue weighted by Crippen LogP contribution is 2.24. The van der Waals surface area contributed by atoms with Gasteiger partial charge in [0.25, 0.3) is 0 Å². The van der Waals surface area contributed by atoms with E-state index in [4.69, 9.17) is 4.74 Å². The number of carbonyl (C=O) groups excluding carboxylic acids is 1. The lowest BCUT2D eigenvalue weighted by Gasteiger charge is -2.11. The van der Waals surface area contributed by atoms with E-state index < -0.39 is 0 Å². The highest BCUT2D eigenvalue weighted by molar-refractivity contribution is 5.85. The lowest BCUT2D eigenvalue weighted by molar-refractivity contribution is -0.121. The van der Waals surface area contributed by atoms with Gasteiger partial charge in [0.1, 0.15) is 11.6 Å². The summed E-state index contributed by atoms with van der Waals surface area (Å²) in [6, 6.07) is 22.5. The van der Waals surface area contributed by atoms with Crippen LogP contribution in [0.1, 0.15) is 30.0 Å². The van der Waals surface area contributed by atoms with Crippen LogP contribution in [0.2, 0.25) is 0 Å². The Morgan fingerprint density at radius 2 is 1.72 bits per heavy atom. The van der Waals surface area contributed by atoms with Gasteiger partial charge < -0.3 is 14.6 Å². The van der Waals surface area contributed by atoms with E-state index in [-0.39, 0.29) is 11.7 Å². The summed E-state index contributed by atoms with van der Waals surface area (Å²) in [5.74, 6) is 0.576. The monoisotopic (exact) mass is 430 g/mol. The molecular formula is C27H27FN2O2. The Hall–Kier alpha value is -3.60. The Labute approximate surface area is 187 Å². The highest BCUT2D eigenvalue weighted by atomic mass is 19.1. The van der Waals surface area contributed by atoms with E-state index in [2.05, 4.69) is 28.2 Å². The SMILES string of the molecule is CCOc1ccccc1CNC(=O)CCc1cn(Cc2ccc(F)cc2)c2ccccc12. The molecule has 0 aliphatic carbocycles. The van der Waals surface area contributed by atoms with E-state index in [1.807, 2.05) is 43.3 Å². The first-order valence-electron chi connectivity index (χ1n) is 10.9. The first kappa shape index (κ1) is 21.6. The largest absolute Gasteiger partial charge is 0.494 e. The van der Waals surface area contributed by atoms with Gasteiger partial charge >= 0.3 is 0 Å². The van der Waals surface area contributed by atoms with Crippen molar-refractivity contribution in [3.05, 3.63) is 102 Å². The second kappa shape index (κ2) is 10.1. The molecule has 164 valence electrons. The van der Waals surface area contributed by atoms with E-state index in [0.29, 0.717) is 32.5 Å². The summed E-state index contributed by atoms with van der Waals surface area (Å²) in [5.41, 5.74) is 4.24. The average Bonchev–Trinajstić information content (AvgIpc) is 3.16. The van der Waals surface area contributed by atoms with E-state index in [1.54, 1.807) is 12.1 Å².